The summed E-state index contributed by atoms with van der Waals surface area (Å²) in [6, 6.07) is 20.9. The van der Waals surface area contributed by atoms with Crippen molar-refractivity contribution in [2.24, 2.45) is 0 Å². The van der Waals surface area contributed by atoms with Gasteiger partial charge in [0.25, 0.3) is 5.91 Å². The summed E-state index contributed by atoms with van der Waals surface area (Å²) in [6.07, 6.45) is 0. The Morgan fingerprint density at radius 2 is 1.45 bits per heavy atom. The molecule has 0 spiro atoms. The summed E-state index contributed by atoms with van der Waals surface area (Å²) in [5, 5.41) is 2.72. The Morgan fingerprint density at radius 3 is 2.00 bits per heavy atom. The number of rotatable bonds is 7. The van der Waals surface area contributed by atoms with Crippen LogP contribution in [-0.4, -0.2) is 12.5 Å². The van der Waals surface area contributed by atoms with Gasteiger partial charge in [-0.2, -0.15) is 8.78 Å². The number of halogens is 2. The lowest BCUT2D eigenvalue weighted by Crippen LogP contribution is -2.12. The third kappa shape index (κ3) is 6.54. The molecule has 0 aliphatic carbocycles. The molecule has 0 bridgehead atoms. The molecule has 0 unspecified atom stereocenters. The Morgan fingerprint density at radius 1 is 0.871 bits per heavy atom. The summed E-state index contributed by atoms with van der Waals surface area (Å²) >= 11 is 0. The predicted octanol–water partition coefficient (Wildman–Crippen LogP) is 6.42. The number of amides is 1. The van der Waals surface area contributed by atoms with Gasteiger partial charge in [-0.1, -0.05) is 45.0 Å². The first-order valence-corrected chi connectivity index (χ1v) is 9.89. The monoisotopic (exact) mass is 425 g/mol. The molecule has 0 aliphatic rings. The summed E-state index contributed by atoms with van der Waals surface area (Å²) in [5.41, 5.74) is 3.23. The molecule has 3 aromatic rings. The minimum atomic E-state index is -2.88. The fourth-order valence-electron chi connectivity index (χ4n) is 2.89. The lowest BCUT2D eigenvalue weighted by Gasteiger charge is -2.19. The van der Waals surface area contributed by atoms with Gasteiger partial charge in [-0.25, -0.2) is 0 Å². The second-order valence-electron chi connectivity index (χ2n) is 8.12. The minimum absolute atomic E-state index is 0.0328. The molecule has 0 heterocycles. The number of carbonyl (C=O) groups is 1. The number of ether oxygens (including phenoxy) is 2. The number of hydrogen-bond acceptors (Lipinski definition) is 3. The molecule has 3 rings (SSSR count). The van der Waals surface area contributed by atoms with E-state index in [2.05, 4.69) is 43.0 Å². The van der Waals surface area contributed by atoms with E-state index >= 15 is 0 Å². The Labute approximate surface area is 180 Å². The van der Waals surface area contributed by atoms with Crippen LogP contribution in [0.5, 0.6) is 11.5 Å². The van der Waals surface area contributed by atoms with Crippen molar-refractivity contribution in [1.82, 2.24) is 0 Å². The van der Waals surface area contributed by atoms with E-state index in [1.165, 1.54) is 29.8 Å². The Bertz CT molecular complexity index is 993. The van der Waals surface area contributed by atoms with E-state index in [-0.39, 0.29) is 17.1 Å². The van der Waals surface area contributed by atoms with E-state index in [4.69, 9.17) is 4.74 Å². The average molecular weight is 425 g/mol. The van der Waals surface area contributed by atoms with Gasteiger partial charge in [-0.05, 0) is 65.1 Å². The number of carbonyl (C=O) groups excluding carboxylic acids is 1. The zero-order valence-electron chi connectivity index (χ0n) is 17.7. The first-order valence-electron chi connectivity index (χ1n) is 9.89. The molecule has 0 atom stereocenters. The van der Waals surface area contributed by atoms with E-state index in [1.54, 1.807) is 12.1 Å². The van der Waals surface area contributed by atoms with Crippen molar-refractivity contribution in [3.8, 4) is 11.5 Å². The van der Waals surface area contributed by atoms with E-state index < -0.39 is 6.61 Å². The van der Waals surface area contributed by atoms with Crippen LogP contribution in [0.25, 0.3) is 0 Å². The predicted molar refractivity (Wildman–Crippen MR) is 117 cm³/mol. The standard InChI is InChI=1S/C25H25F2NO3/c1-25(2,3)19-8-12-21(13-9-19)30-16-17-4-6-18(7-5-17)23(29)28-20-10-14-22(15-11-20)31-24(26)27/h4-15,24H,16H2,1-3H3,(H,28,29). The van der Waals surface area contributed by atoms with Gasteiger partial charge >= 0.3 is 6.61 Å². The lowest BCUT2D eigenvalue weighted by molar-refractivity contribution is -0.0498. The topological polar surface area (TPSA) is 47.6 Å². The Kier molecular flexibility index (Phi) is 6.90. The smallest absolute Gasteiger partial charge is 0.387 e. The number of nitrogens with one attached hydrogen (secondary N) is 1. The SMILES string of the molecule is CC(C)(C)c1ccc(OCc2ccc(C(=O)Nc3ccc(OC(F)F)cc3)cc2)cc1. The maximum absolute atomic E-state index is 12.4. The lowest BCUT2D eigenvalue weighted by atomic mass is 9.87. The molecular formula is C25H25F2NO3. The molecular weight excluding hydrogens is 400 g/mol. The average Bonchev–Trinajstić information content (AvgIpc) is 2.73. The van der Waals surface area contributed by atoms with Crippen molar-refractivity contribution >= 4 is 11.6 Å². The summed E-state index contributed by atoms with van der Waals surface area (Å²) in [6.45, 7) is 4.00. The molecule has 1 N–H and O–H groups in total. The quantitative estimate of drug-likeness (QED) is 0.475. The number of benzene rings is 3. The van der Waals surface area contributed by atoms with E-state index in [0.717, 1.165) is 11.3 Å². The number of anilines is 1. The third-order valence-electron chi connectivity index (χ3n) is 4.68. The molecule has 6 heteroatoms. The van der Waals surface area contributed by atoms with Crippen molar-refractivity contribution in [3.05, 3.63) is 89.5 Å². The fourth-order valence-corrected chi connectivity index (χ4v) is 2.89. The molecule has 0 fully saturated rings. The van der Waals surface area contributed by atoms with Crippen LogP contribution in [-0.2, 0) is 12.0 Å². The largest absolute Gasteiger partial charge is 0.489 e. The van der Waals surface area contributed by atoms with Gasteiger partial charge in [0.15, 0.2) is 0 Å². The molecule has 31 heavy (non-hydrogen) atoms. The van der Waals surface area contributed by atoms with Gasteiger partial charge in [0.2, 0.25) is 0 Å². The minimum Gasteiger partial charge on any atom is -0.489 e. The van der Waals surface area contributed by atoms with Crippen LogP contribution in [0.1, 0.15) is 42.3 Å². The first-order chi connectivity index (χ1) is 14.7. The van der Waals surface area contributed by atoms with Gasteiger partial charge in [0.1, 0.15) is 18.1 Å². The van der Waals surface area contributed by atoms with Crippen molar-refractivity contribution in [2.45, 2.75) is 39.4 Å². The summed E-state index contributed by atoms with van der Waals surface area (Å²) in [4.78, 5) is 12.4. The summed E-state index contributed by atoms with van der Waals surface area (Å²) in [5.74, 6) is 0.521. The van der Waals surface area contributed by atoms with Gasteiger partial charge in [0.05, 0.1) is 0 Å². The number of alkyl halides is 2. The van der Waals surface area contributed by atoms with Crippen molar-refractivity contribution in [3.63, 3.8) is 0 Å². The van der Waals surface area contributed by atoms with Crippen molar-refractivity contribution in [2.75, 3.05) is 5.32 Å². The molecule has 0 radical (unpaired) electrons. The Balaban J connectivity index is 1.54. The highest BCUT2D eigenvalue weighted by molar-refractivity contribution is 6.04. The molecule has 1 amide bonds. The third-order valence-corrected chi connectivity index (χ3v) is 4.68. The number of hydrogen-bond donors (Lipinski definition) is 1. The molecule has 3 aromatic carbocycles. The van der Waals surface area contributed by atoms with Crippen LogP contribution in [0, 0.1) is 0 Å². The van der Waals surface area contributed by atoms with Crippen LogP contribution in [0.4, 0.5) is 14.5 Å². The maximum atomic E-state index is 12.4. The van der Waals surface area contributed by atoms with Crippen molar-refractivity contribution in [1.29, 1.82) is 0 Å². The van der Waals surface area contributed by atoms with Crippen LogP contribution in [0.3, 0.4) is 0 Å². The van der Waals surface area contributed by atoms with Gasteiger partial charge in [-0.3, -0.25) is 4.79 Å². The maximum Gasteiger partial charge on any atom is 0.387 e. The van der Waals surface area contributed by atoms with Crippen LogP contribution >= 0.6 is 0 Å². The first kappa shape index (κ1) is 22.3. The normalized spacial score (nSPS) is 11.3. The molecule has 0 aromatic heterocycles. The van der Waals surface area contributed by atoms with E-state index in [0.29, 0.717) is 17.9 Å². The second-order valence-corrected chi connectivity index (χ2v) is 8.12. The Hall–Kier alpha value is -3.41. The zero-order valence-corrected chi connectivity index (χ0v) is 17.7. The second kappa shape index (κ2) is 9.60. The zero-order chi connectivity index (χ0) is 22.4. The fraction of sp³-hybridized carbons (Fsp3) is 0.240. The molecule has 0 saturated carbocycles. The highest BCUT2D eigenvalue weighted by Gasteiger charge is 2.13. The molecule has 0 saturated heterocycles. The molecule has 162 valence electrons. The summed E-state index contributed by atoms with van der Waals surface area (Å²) in [7, 11) is 0. The highest BCUT2D eigenvalue weighted by atomic mass is 19.3. The molecule has 0 aliphatic heterocycles. The van der Waals surface area contributed by atoms with Crippen LogP contribution < -0.4 is 14.8 Å². The van der Waals surface area contributed by atoms with E-state index in [9.17, 15) is 13.6 Å². The van der Waals surface area contributed by atoms with Gasteiger partial charge in [0, 0.05) is 11.3 Å². The highest BCUT2D eigenvalue weighted by Crippen LogP contribution is 2.24. The van der Waals surface area contributed by atoms with E-state index in [1.807, 2.05) is 24.3 Å². The van der Waals surface area contributed by atoms with Gasteiger partial charge in [-0.15, -0.1) is 0 Å². The van der Waals surface area contributed by atoms with Gasteiger partial charge < -0.3 is 14.8 Å². The molecule has 4 nitrogen and oxygen atoms in total. The van der Waals surface area contributed by atoms with Crippen LogP contribution in [0.15, 0.2) is 72.8 Å². The summed E-state index contributed by atoms with van der Waals surface area (Å²) < 4.78 is 34.5. The van der Waals surface area contributed by atoms with Crippen LogP contribution in [0.2, 0.25) is 0 Å². The van der Waals surface area contributed by atoms with Crippen molar-refractivity contribution < 1.29 is 23.0 Å².